The lowest BCUT2D eigenvalue weighted by Crippen LogP contribution is -2.47. The average Bonchev–Trinajstić information content (AvgIpc) is 2.93. The van der Waals surface area contributed by atoms with Crippen LogP contribution in [0.15, 0.2) is 12.1 Å². The molecule has 0 radical (unpaired) electrons. The fourth-order valence-electron chi connectivity index (χ4n) is 3.97. The van der Waals surface area contributed by atoms with Crippen molar-refractivity contribution >= 4 is 5.97 Å². The molecular formula is C16H18O5. The summed E-state index contributed by atoms with van der Waals surface area (Å²) in [6.45, 7) is 0.796. The summed E-state index contributed by atoms with van der Waals surface area (Å²) in [5.74, 6) is 0.215. The number of benzene rings is 1. The minimum absolute atomic E-state index is 0.231. The second-order valence-corrected chi connectivity index (χ2v) is 5.99. The Labute approximate surface area is 122 Å². The van der Waals surface area contributed by atoms with E-state index in [1.54, 1.807) is 0 Å². The minimum atomic E-state index is -0.764. The first kappa shape index (κ1) is 13.0. The highest BCUT2D eigenvalue weighted by atomic mass is 16.7. The first-order chi connectivity index (χ1) is 10.2. The molecule has 0 aromatic heterocycles. The van der Waals surface area contributed by atoms with Gasteiger partial charge in [0.25, 0.3) is 0 Å². The van der Waals surface area contributed by atoms with Gasteiger partial charge in [-0.2, -0.15) is 0 Å². The van der Waals surface area contributed by atoms with Crippen molar-refractivity contribution in [2.45, 2.75) is 37.7 Å². The molecule has 0 amide bonds. The quantitative estimate of drug-likeness (QED) is 0.860. The topological polar surface area (TPSA) is 65.0 Å². The molecule has 0 saturated heterocycles. The molecule has 4 rings (SSSR count). The zero-order chi connectivity index (χ0) is 14.4. The predicted molar refractivity (Wildman–Crippen MR) is 73.5 cm³/mol. The number of fused-ring (bicyclic) bond motifs is 3. The van der Waals surface area contributed by atoms with Gasteiger partial charge in [-0.05, 0) is 42.5 Å². The fraction of sp³-hybridized carbons (Fsp3) is 0.562. The van der Waals surface area contributed by atoms with Crippen molar-refractivity contribution in [1.82, 2.24) is 0 Å². The Morgan fingerprint density at radius 1 is 1.24 bits per heavy atom. The Hall–Kier alpha value is -1.75. The van der Waals surface area contributed by atoms with Crippen LogP contribution in [0.4, 0.5) is 0 Å². The van der Waals surface area contributed by atoms with Crippen LogP contribution >= 0.6 is 0 Å². The highest BCUT2D eigenvalue weighted by Crippen LogP contribution is 2.50. The number of carboxylic acids is 1. The molecule has 1 spiro atoms. The Balaban J connectivity index is 1.86. The van der Waals surface area contributed by atoms with Gasteiger partial charge in [0.2, 0.25) is 6.79 Å². The van der Waals surface area contributed by atoms with Gasteiger partial charge in [0.05, 0.1) is 12.5 Å². The SMILES string of the molecule is O=C(O)C1CCCCC12OCCc1cc3c(cc12)OCO3. The summed E-state index contributed by atoms with van der Waals surface area (Å²) in [6, 6.07) is 3.94. The maximum Gasteiger partial charge on any atom is 0.309 e. The van der Waals surface area contributed by atoms with Crippen LogP contribution in [0.2, 0.25) is 0 Å². The Morgan fingerprint density at radius 3 is 2.86 bits per heavy atom. The summed E-state index contributed by atoms with van der Waals surface area (Å²) in [7, 11) is 0. The summed E-state index contributed by atoms with van der Waals surface area (Å²) in [6.07, 6.45) is 4.17. The van der Waals surface area contributed by atoms with Gasteiger partial charge in [-0.3, -0.25) is 4.79 Å². The van der Waals surface area contributed by atoms with E-state index in [2.05, 4.69) is 0 Å². The van der Waals surface area contributed by atoms with Crippen LogP contribution in [-0.4, -0.2) is 24.5 Å². The predicted octanol–water partition coefficient (Wildman–Crippen LogP) is 2.46. The molecule has 5 heteroatoms. The first-order valence-electron chi connectivity index (χ1n) is 7.50. The van der Waals surface area contributed by atoms with Crippen molar-refractivity contribution in [3.05, 3.63) is 23.3 Å². The molecule has 112 valence electrons. The van der Waals surface area contributed by atoms with Crippen LogP contribution < -0.4 is 9.47 Å². The number of hydrogen-bond acceptors (Lipinski definition) is 4. The lowest BCUT2D eigenvalue weighted by molar-refractivity contribution is -0.169. The third-order valence-corrected chi connectivity index (χ3v) is 4.94. The van der Waals surface area contributed by atoms with Gasteiger partial charge in [0.1, 0.15) is 5.60 Å². The number of hydrogen-bond donors (Lipinski definition) is 1. The van der Waals surface area contributed by atoms with E-state index in [0.29, 0.717) is 18.8 Å². The lowest BCUT2D eigenvalue weighted by Gasteiger charge is -2.45. The van der Waals surface area contributed by atoms with Crippen LogP contribution in [0.3, 0.4) is 0 Å². The van der Waals surface area contributed by atoms with Crippen molar-refractivity contribution < 1.29 is 24.1 Å². The van der Waals surface area contributed by atoms with Crippen LogP contribution in [0.1, 0.15) is 36.8 Å². The number of carboxylic acid groups (broad SMARTS) is 1. The molecular weight excluding hydrogens is 272 g/mol. The monoisotopic (exact) mass is 290 g/mol. The standard InChI is InChI=1S/C16H18O5/c17-15(18)11-3-1-2-5-16(11)12-8-14-13(19-9-20-14)7-10(12)4-6-21-16/h7-8,11H,1-6,9H2,(H,17,18). The van der Waals surface area contributed by atoms with Gasteiger partial charge in [-0.15, -0.1) is 0 Å². The maximum absolute atomic E-state index is 11.7. The molecule has 0 bridgehead atoms. The van der Waals surface area contributed by atoms with Crippen LogP contribution in [-0.2, 0) is 21.6 Å². The van der Waals surface area contributed by atoms with Crippen molar-refractivity contribution in [2.24, 2.45) is 5.92 Å². The minimum Gasteiger partial charge on any atom is -0.481 e. The van der Waals surface area contributed by atoms with Crippen molar-refractivity contribution in [2.75, 3.05) is 13.4 Å². The van der Waals surface area contributed by atoms with Crippen LogP contribution in [0.5, 0.6) is 11.5 Å². The van der Waals surface area contributed by atoms with Gasteiger partial charge in [0, 0.05) is 0 Å². The van der Waals surface area contributed by atoms with Gasteiger partial charge in [-0.25, -0.2) is 0 Å². The lowest BCUT2D eigenvalue weighted by atomic mass is 9.68. The third kappa shape index (κ3) is 1.83. The van der Waals surface area contributed by atoms with Crippen LogP contribution in [0.25, 0.3) is 0 Å². The highest BCUT2D eigenvalue weighted by Gasteiger charge is 2.50. The zero-order valence-electron chi connectivity index (χ0n) is 11.8. The smallest absolute Gasteiger partial charge is 0.309 e. The van der Waals surface area contributed by atoms with E-state index in [4.69, 9.17) is 14.2 Å². The normalized spacial score (nSPS) is 30.2. The summed E-state index contributed by atoms with van der Waals surface area (Å²) < 4.78 is 17.0. The number of aliphatic carboxylic acids is 1. The summed E-state index contributed by atoms with van der Waals surface area (Å²) in [4.78, 5) is 11.7. The molecule has 1 saturated carbocycles. The van der Waals surface area contributed by atoms with E-state index in [1.165, 1.54) is 0 Å². The Bertz CT molecular complexity index is 597. The molecule has 2 unspecified atom stereocenters. The second-order valence-electron chi connectivity index (χ2n) is 5.99. The van der Waals surface area contributed by atoms with Gasteiger partial charge in [-0.1, -0.05) is 12.8 Å². The van der Waals surface area contributed by atoms with Crippen molar-refractivity contribution in [3.8, 4) is 11.5 Å². The molecule has 2 aliphatic heterocycles. The molecule has 2 heterocycles. The fourth-order valence-corrected chi connectivity index (χ4v) is 3.97. The first-order valence-corrected chi connectivity index (χ1v) is 7.50. The van der Waals surface area contributed by atoms with E-state index in [0.717, 1.165) is 42.6 Å². The largest absolute Gasteiger partial charge is 0.481 e. The zero-order valence-corrected chi connectivity index (χ0v) is 11.8. The van der Waals surface area contributed by atoms with E-state index in [-0.39, 0.29) is 6.79 Å². The second kappa shape index (κ2) is 4.63. The molecule has 2 atom stereocenters. The maximum atomic E-state index is 11.7. The summed E-state index contributed by atoms with van der Waals surface area (Å²) in [5.41, 5.74) is 1.43. The Morgan fingerprint density at radius 2 is 2.05 bits per heavy atom. The highest BCUT2D eigenvalue weighted by molar-refractivity contribution is 5.73. The van der Waals surface area contributed by atoms with Gasteiger partial charge in [0.15, 0.2) is 11.5 Å². The number of carbonyl (C=O) groups is 1. The van der Waals surface area contributed by atoms with Gasteiger partial charge >= 0.3 is 5.97 Å². The van der Waals surface area contributed by atoms with Crippen molar-refractivity contribution in [3.63, 3.8) is 0 Å². The van der Waals surface area contributed by atoms with Crippen molar-refractivity contribution in [1.29, 1.82) is 0 Å². The van der Waals surface area contributed by atoms with Gasteiger partial charge < -0.3 is 19.3 Å². The Kier molecular flexibility index (Phi) is 2.85. The number of rotatable bonds is 1. The van der Waals surface area contributed by atoms with E-state index < -0.39 is 17.5 Å². The summed E-state index contributed by atoms with van der Waals surface area (Å²) in [5, 5.41) is 9.64. The van der Waals surface area contributed by atoms with E-state index in [1.807, 2.05) is 12.1 Å². The molecule has 1 N–H and O–H groups in total. The number of ether oxygens (including phenoxy) is 3. The molecule has 21 heavy (non-hydrogen) atoms. The third-order valence-electron chi connectivity index (χ3n) is 4.94. The molecule has 3 aliphatic rings. The summed E-state index contributed by atoms with van der Waals surface area (Å²) >= 11 is 0. The molecule has 1 aromatic rings. The van der Waals surface area contributed by atoms with Crippen LogP contribution in [0, 0.1) is 5.92 Å². The molecule has 1 fully saturated rings. The molecule has 5 nitrogen and oxygen atoms in total. The molecule has 1 aromatic carbocycles. The average molecular weight is 290 g/mol. The van der Waals surface area contributed by atoms with E-state index >= 15 is 0 Å². The molecule has 1 aliphatic carbocycles. The van der Waals surface area contributed by atoms with E-state index in [9.17, 15) is 9.90 Å².